The molecule has 1 aromatic carbocycles. The molecule has 0 bridgehead atoms. The van der Waals surface area contributed by atoms with Gasteiger partial charge in [-0.1, -0.05) is 18.3 Å². The molecule has 1 heterocycles. The van der Waals surface area contributed by atoms with Crippen molar-refractivity contribution < 1.29 is 9.53 Å². The second kappa shape index (κ2) is 6.64. The number of hydrogen-bond donors (Lipinski definition) is 2. The van der Waals surface area contributed by atoms with Gasteiger partial charge in [0.15, 0.2) is 0 Å². The van der Waals surface area contributed by atoms with Crippen LogP contribution in [0, 0.1) is 13.8 Å². The highest BCUT2D eigenvalue weighted by Crippen LogP contribution is 2.21. The molecule has 7 heteroatoms. The molecule has 1 amide bonds. The van der Waals surface area contributed by atoms with Crippen molar-refractivity contribution in [1.82, 2.24) is 4.98 Å². The van der Waals surface area contributed by atoms with Gasteiger partial charge in [0.25, 0.3) is 5.91 Å². The normalized spacial score (nSPS) is 10.2. The van der Waals surface area contributed by atoms with Gasteiger partial charge in [-0.15, -0.1) is 11.3 Å². The van der Waals surface area contributed by atoms with Gasteiger partial charge in [-0.2, -0.15) is 0 Å². The van der Waals surface area contributed by atoms with Crippen molar-refractivity contribution in [3.63, 3.8) is 0 Å². The van der Waals surface area contributed by atoms with Crippen LogP contribution in [0.25, 0.3) is 0 Å². The van der Waals surface area contributed by atoms with Gasteiger partial charge in [0, 0.05) is 11.8 Å². The van der Waals surface area contributed by atoms with Gasteiger partial charge < -0.3 is 15.8 Å². The summed E-state index contributed by atoms with van der Waals surface area (Å²) in [5.41, 5.74) is 6.76. The van der Waals surface area contributed by atoms with E-state index >= 15 is 0 Å². The fourth-order valence-electron chi connectivity index (χ4n) is 1.75. The second-order valence-electron chi connectivity index (χ2n) is 4.38. The fourth-order valence-corrected chi connectivity index (χ4v) is 2.62. The first-order chi connectivity index (χ1) is 9.95. The van der Waals surface area contributed by atoms with E-state index in [-0.39, 0.29) is 17.5 Å². The van der Waals surface area contributed by atoms with Crippen LogP contribution in [0.4, 0.5) is 5.69 Å². The highest BCUT2D eigenvalue weighted by atomic mass is 32.1. The summed E-state index contributed by atoms with van der Waals surface area (Å²) in [6.45, 7) is 3.86. The average molecular weight is 321 g/mol. The number of thiocarbonyl (C=S) groups is 1. The third-order valence-corrected chi connectivity index (χ3v) is 3.77. The highest BCUT2D eigenvalue weighted by molar-refractivity contribution is 7.80. The largest absolute Gasteiger partial charge is 0.486 e. The SMILES string of the molecule is Cc1nc(C)c(C(=O)Nc2cccc(OCC(N)=S)c2)s1. The number of carbonyl (C=O) groups is 1. The number of aryl methyl sites for hydroxylation is 2. The molecule has 5 nitrogen and oxygen atoms in total. The summed E-state index contributed by atoms with van der Waals surface area (Å²) < 4.78 is 5.40. The molecular formula is C14H15N3O2S2. The monoisotopic (exact) mass is 321 g/mol. The lowest BCUT2D eigenvalue weighted by Gasteiger charge is -2.08. The molecule has 0 saturated carbocycles. The van der Waals surface area contributed by atoms with Gasteiger partial charge in [0.2, 0.25) is 0 Å². The quantitative estimate of drug-likeness (QED) is 0.828. The van der Waals surface area contributed by atoms with E-state index < -0.39 is 0 Å². The Morgan fingerprint density at radius 1 is 1.48 bits per heavy atom. The van der Waals surface area contributed by atoms with E-state index in [1.807, 2.05) is 13.8 Å². The minimum absolute atomic E-state index is 0.167. The predicted molar refractivity (Wildman–Crippen MR) is 88.3 cm³/mol. The molecule has 0 atom stereocenters. The minimum Gasteiger partial charge on any atom is -0.486 e. The number of nitrogens with two attached hydrogens (primary N) is 1. The summed E-state index contributed by atoms with van der Waals surface area (Å²) in [7, 11) is 0. The number of anilines is 1. The van der Waals surface area contributed by atoms with E-state index in [0.29, 0.717) is 16.3 Å². The number of carbonyl (C=O) groups excluding carboxylic acids is 1. The van der Waals surface area contributed by atoms with Gasteiger partial charge in [-0.3, -0.25) is 4.79 Å². The molecule has 0 unspecified atom stereocenters. The lowest BCUT2D eigenvalue weighted by atomic mass is 10.3. The van der Waals surface area contributed by atoms with Crippen LogP contribution in [0.1, 0.15) is 20.4 Å². The van der Waals surface area contributed by atoms with E-state index in [9.17, 15) is 4.79 Å². The van der Waals surface area contributed by atoms with E-state index in [1.54, 1.807) is 24.3 Å². The molecule has 0 spiro atoms. The van der Waals surface area contributed by atoms with Gasteiger partial charge in [0.05, 0.1) is 10.7 Å². The second-order valence-corrected chi connectivity index (χ2v) is 6.11. The minimum atomic E-state index is -0.176. The van der Waals surface area contributed by atoms with Crippen LogP contribution in [0.15, 0.2) is 24.3 Å². The molecular weight excluding hydrogens is 306 g/mol. The van der Waals surface area contributed by atoms with Crippen LogP contribution in [0.5, 0.6) is 5.75 Å². The first kappa shape index (κ1) is 15.4. The Kier molecular flexibility index (Phi) is 4.87. The number of benzene rings is 1. The van der Waals surface area contributed by atoms with E-state index in [0.717, 1.165) is 10.7 Å². The number of nitrogens with one attached hydrogen (secondary N) is 1. The number of aromatic nitrogens is 1. The smallest absolute Gasteiger partial charge is 0.267 e. The zero-order chi connectivity index (χ0) is 15.4. The number of nitrogens with zero attached hydrogens (tertiary/aromatic N) is 1. The molecule has 0 aliphatic heterocycles. The maximum Gasteiger partial charge on any atom is 0.267 e. The molecule has 1 aromatic heterocycles. The molecule has 21 heavy (non-hydrogen) atoms. The van der Waals surface area contributed by atoms with E-state index in [2.05, 4.69) is 10.3 Å². The zero-order valence-electron chi connectivity index (χ0n) is 11.7. The summed E-state index contributed by atoms with van der Waals surface area (Å²) in [5, 5.41) is 3.69. The van der Waals surface area contributed by atoms with Crippen molar-refractivity contribution in [2.24, 2.45) is 5.73 Å². The Labute approximate surface area is 132 Å². The molecule has 0 saturated heterocycles. The van der Waals surface area contributed by atoms with Crippen molar-refractivity contribution >= 4 is 40.1 Å². The van der Waals surface area contributed by atoms with Crippen LogP contribution in [0.3, 0.4) is 0 Å². The number of thiazole rings is 1. The van der Waals surface area contributed by atoms with Crippen molar-refractivity contribution in [1.29, 1.82) is 0 Å². The summed E-state index contributed by atoms with van der Waals surface area (Å²) in [6, 6.07) is 7.07. The Morgan fingerprint density at radius 2 is 2.24 bits per heavy atom. The van der Waals surface area contributed by atoms with Gasteiger partial charge in [0.1, 0.15) is 22.2 Å². The van der Waals surface area contributed by atoms with E-state index in [4.69, 9.17) is 22.7 Å². The van der Waals surface area contributed by atoms with Gasteiger partial charge in [-0.25, -0.2) is 4.98 Å². The van der Waals surface area contributed by atoms with Crippen molar-refractivity contribution in [2.45, 2.75) is 13.8 Å². The standard InChI is InChI=1S/C14H15N3O2S2/c1-8-13(21-9(2)16-8)14(18)17-10-4-3-5-11(6-10)19-7-12(15)20/h3-6H,7H2,1-2H3,(H2,15,20)(H,17,18). The summed E-state index contributed by atoms with van der Waals surface area (Å²) >= 11 is 6.13. The lowest BCUT2D eigenvalue weighted by molar-refractivity contribution is 0.103. The molecule has 0 aliphatic rings. The molecule has 0 radical (unpaired) electrons. The molecule has 2 rings (SSSR count). The van der Waals surface area contributed by atoms with Crippen LogP contribution in [-0.2, 0) is 0 Å². The summed E-state index contributed by atoms with van der Waals surface area (Å²) in [5.74, 6) is 0.419. The van der Waals surface area contributed by atoms with Gasteiger partial charge >= 0.3 is 0 Å². The number of ether oxygens (including phenoxy) is 1. The lowest BCUT2D eigenvalue weighted by Crippen LogP contribution is -2.18. The first-order valence-corrected chi connectivity index (χ1v) is 7.44. The van der Waals surface area contributed by atoms with Crippen LogP contribution < -0.4 is 15.8 Å². The Balaban J connectivity index is 2.09. The molecule has 2 aromatic rings. The maximum absolute atomic E-state index is 12.2. The average Bonchev–Trinajstić information content (AvgIpc) is 2.76. The maximum atomic E-state index is 12.2. The summed E-state index contributed by atoms with van der Waals surface area (Å²) in [4.78, 5) is 17.3. The van der Waals surface area contributed by atoms with Crippen LogP contribution >= 0.6 is 23.6 Å². The van der Waals surface area contributed by atoms with Crippen LogP contribution in [0.2, 0.25) is 0 Å². The first-order valence-electron chi connectivity index (χ1n) is 6.22. The Hall–Kier alpha value is -1.99. The van der Waals surface area contributed by atoms with Gasteiger partial charge in [-0.05, 0) is 26.0 Å². The summed E-state index contributed by atoms with van der Waals surface area (Å²) in [6.07, 6.45) is 0. The highest BCUT2D eigenvalue weighted by Gasteiger charge is 2.14. The fraction of sp³-hybridized carbons (Fsp3) is 0.214. The topological polar surface area (TPSA) is 77.2 Å². The third kappa shape index (κ3) is 4.24. The Bertz CT molecular complexity index is 683. The number of amides is 1. The van der Waals surface area contributed by atoms with Crippen molar-refractivity contribution in [3.05, 3.63) is 39.8 Å². The van der Waals surface area contributed by atoms with Crippen molar-refractivity contribution in [3.8, 4) is 5.75 Å². The molecule has 0 aliphatic carbocycles. The Morgan fingerprint density at radius 3 is 2.86 bits per heavy atom. The molecule has 0 fully saturated rings. The number of rotatable bonds is 5. The molecule has 3 N–H and O–H groups in total. The molecule has 110 valence electrons. The van der Waals surface area contributed by atoms with Crippen LogP contribution in [-0.4, -0.2) is 22.5 Å². The zero-order valence-corrected chi connectivity index (χ0v) is 13.3. The van der Waals surface area contributed by atoms with Crippen molar-refractivity contribution in [2.75, 3.05) is 11.9 Å². The number of hydrogen-bond acceptors (Lipinski definition) is 5. The third-order valence-electron chi connectivity index (χ3n) is 2.58. The van der Waals surface area contributed by atoms with E-state index in [1.165, 1.54) is 11.3 Å². The predicted octanol–water partition coefficient (Wildman–Crippen LogP) is 2.68.